The highest BCUT2D eigenvalue weighted by atomic mass is 16.5. The number of anilines is 1. The van der Waals surface area contributed by atoms with E-state index in [1.165, 1.54) is 11.3 Å². The van der Waals surface area contributed by atoms with E-state index in [1.54, 1.807) is 7.11 Å². The molecule has 1 atom stereocenters. The molecular weight excluding hydrogens is 248 g/mol. The fourth-order valence-electron chi connectivity index (χ4n) is 2.76. The smallest absolute Gasteiger partial charge is 0.119 e. The maximum atomic E-state index is 5.24. The summed E-state index contributed by atoms with van der Waals surface area (Å²) in [5, 5.41) is 3.49. The highest BCUT2D eigenvalue weighted by molar-refractivity contribution is 5.52. The molecule has 1 fully saturated rings. The van der Waals surface area contributed by atoms with E-state index in [1.807, 2.05) is 12.1 Å². The Morgan fingerprint density at radius 2 is 1.80 bits per heavy atom. The molecule has 3 rings (SSSR count). The van der Waals surface area contributed by atoms with Crippen LogP contribution < -0.4 is 15.0 Å². The molecule has 1 saturated heterocycles. The highest BCUT2D eigenvalue weighted by Gasteiger charge is 2.23. The van der Waals surface area contributed by atoms with Crippen molar-refractivity contribution in [3.63, 3.8) is 0 Å². The van der Waals surface area contributed by atoms with Crippen molar-refractivity contribution >= 4 is 5.69 Å². The van der Waals surface area contributed by atoms with Crippen molar-refractivity contribution in [2.75, 3.05) is 31.6 Å². The second-order valence-electron chi connectivity index (χ2n) is 5.02. The molecule has 1 unspecified atom stereocenters. The van der Waals surface area contributed by atoms with Crippen molar-refractivity contribution in [2.24, 2.45) is 0 Å². The summed E-state index contributed by atoms with van der Waals surface area (Å²) < 4.78 is 5.24. The maximum absolute atomic E-state index is 5.24. The molecule has 20 heavy (non-hydrogen) atoms. The molecule has 1 aliphatic heterocycles. The van der Waals surface area contributed by atoms with Gasteiger partial charge in [-0.1, -0.05) is 30.3 Å². The zero-order valence-corrected chi connectivity index (χ0v) is 11.8. The van der Waals surface area contributed by atoms with Crippen LogP contribution in [0.15, 0.2) is 54.6 Å². The first-order valence-electron chi connectivity index (χ1n) is 7.05. The molecule has 1 aliphatic rings. The van der Waals surface area contributed by atoms with Crippen LogP contribution in [0.4, 0.5) is 5.69 Å². The third-order valence-corrected chi connectivity index (χ3v) is 3.83. The molecule has 0 bridgehead atoms. The first-order chi connectivity index (χ1) is 9.88. The summed E-state index contributed by atoms with van der Waals surface area (Å²) in [6.07, 6.45) is 0. The molecule has 3 nitrogen and oxygen atoms in total. The van der Waals surface area contributed by atoms with Crippen molar-refractivity contribution in [1.29, 1.82) is 0 Å². The average molecular weight is 268 g/mol. The van der Waals surface area contributed by atoms with Crippen LogP contribution in [0, 0.1) is 0 Å². The Kier molecular flexibility index (Phi) is 3.88. The Bertz CT molecular complexity index is 539. The Morgan fingerprint density at radius 1 is 1.05 bits per heavy atom. The normalized spacial score (nSPS) is 18.9. The third-order valence-electron chi connectivity index (χ3n) is 3.83. The lowest BCUT2D eigenvalue weighted by Gasteiger charge is -2.38. The second kappa shape index (κ2) is 5.97. The van der Waals surface area contributed by atoms with E-state index in [0.29, 0.717) is 6.04 Å². The first kappa shape index (κ1) is 13.0. The standard InChI is InChI=1S/C17H20N2O/c1-20-16-9-7-15(8-10-16)19-12-11-18-13-17(19)14-5-3-2-4-6-14/h2-10,17-18H,11-13H2,1H3. The van der Waals surface area contributed by atoms with E-state index in [-0.39, 0.29) is 0 Å². The number of benzene rings is 2. The van der Waals surface area contributed by atoms with Crippen LogP contribution in [0.2, 0.25) is 0 Å². The van der Waals surface area contributed by atoms with E-state index < -0.39 is 0 Å². The molecular formula is C17H20N2O. The first-order valence-corrected chi connectivity index (χ1v) is 7.05. The summed E-state index contributed by atoms with van der Waals surface area (Å²) in [4.78, 5) is 2.46. The van der Waals surface area contributed by atoms with Gasteiger partial charge in [0.05, 0.1) is 13.2 Å². The lowest BCUT2D eigenvalue weighted by atomic mass is 10.0. The third kappa shape index (κ3) is 2.63. The lowest BCUT2D eigenvalue weighted by Crippen LogP contribution is -2.46. The number of hydrogen-bond acceptors (Lipinski definition) is 3. The average Bonchev–Trinajstić information content (AvgIpc) is 2.56. The summed E-state index contributed by atoms with van der Waals surface area (Å²) in [5.41, 5.74) is 2.61. The van der Waals surface area contributed by atoms with Gasteiger partial charge >= 0.3 is 0 Å². The Balaban J connectivity index is 1.88. The molecule has 0 aromatic heterocycles. The van der Waals surface area contributed by atoms with E-state index >= 15 is 0 Å². The predicted molar refractivity (Wildman–Crippen MR) is 82.4 cm³/mol. The number of nitrogens with zero attached hydrogens (tertiary/aromatic N) is 1. The maximum Gasteiger partial charge on any atom is 0.119 e. The number of rotatable bonds is 3. The summed E-state index contributed by atoms with van der Waals surface area (Å²) in [6.45, 7) is 3.03. The largest absolute Gasteiger partial charge is 0.497 e. The van der Waals surface area contributed by atoms with E-state index in [4.69, 9.17) is 4.74 Å². The van der Waals surface area contributed by atoms with Gasteiger partial charge in [0.2, 0.25) is 0 Å². The molecule has 0 radical (unpaired) electrons. The monoisotopic (exact) mass is 268 g/mol. The quantitative estimate of drug-likeness (QED) is 0.926. The topological polar surface area (TPSA) is 24.5 Å². The second-order valence-corrected chi connectivity index (χ2v) is 5.02. The summed E-state index contributed by atoms with van der Waals surface area (Å²) in [7, 11) is 1.70. The molecule has 0 spiro atoms. The lowest BCUT2D eigenvalue weighted by molar-refractivity contribution is 0.414. The summed E-state index contributed by atoms with van der Waals surface area (Å²) in [5.74, 6) is 0.903. The minimum atomic E-state index is 0.387. The van der Waals surface area contributed by atoms with Crippen LogP contribution in [0.25, 0.3) is 0 Å². The molecule has 0 amide bonds. The van der Waals surface area contributed by atoms with Gasteiger partial charge in [-0.15, -0.1) is 0 Å². The van der Waals surface area contributed by atoms with Gasteiger partial charge in [-0.3, -0.25) is 0 Å². The van der Waals surface area contributed by atoms with Gasteiger partial charge in [0.25, 0.3) is 0 Å². The molecule has 1 heterocycles. The number of nitrogens with one attached hydrogen (secondary N) is 1. The van der Waals surface area contributed by atoms with Gasteiger partial charge in [0.1, 0.15) is 5.75 Å². The van der Waals surface area contributed by atoms with E-state index in [2.05, 4.69) is 52.7 Å². The van der Waals surface area contributed by atoms with E-state index in [0.717, 1.165) is 25.4 Å². The number of methoxy groups -OCH3 is 1. The van der Waals surface area contributed by atoms with Crippen LogP contribution >= 0.6 is 0 Å². The van der Waals surface area contributed by atoms with Gasteiger partial charge in [-0.05, 0) is 29.8 Å². The highest BCUT2D eigenvalue weighted by Crippen LogP contribution is 2.29. The summed E-state index contributed by atoms with van der Waals surface area (Å²) >= 11 is 0. The number of piperazine rings is 1. The number of ether oxygens (including phenoxy) is 1. The molecule has 1 N–H and O–H groups in total. The van der Waals surface area contributed by atoms with Crippen LogP contribution in [0.5, 0.6) is 5.75 Å². The zero-order valence-electron chi connectivity index (χ0n) is 11.8. The summed E-state index contributed by atoms with van der Waals surface area (Å²) in [6, 6.07) is 19.4. The van der Waals surface area contributed by atoms with Gasteiger partial charge in [0, 0.05) is 25.3 Å². The molecule has 0 saturated carbocycles. The Hall–Kier alpha value is -2.00. The van der Waals surface area contributed by atoms with Gasteiger partial charge < -0.3 is 15.0 Å². The van der Waals surface area contributed by atoms with Crippen LogP contribution in [0.1, 0.15) is 11.6 Å². The molecule has 3 heteroatoms. The van der Waals surface area contributed by atoms with Crippen molar-refractivity contribution < 1.29 is 4.74 Å². The van der Waals surface area contributed by atoms with Crippen molar-refractivity contribution in [1.82, 2.24) is 5.32 Å². The van der Waals surface area contributed by atoms with Gasteiger partial charge in [0.15, 0.2) is 0 Å². The van der Waals surface area contributed by atoms with Crippen molar-refractivity contribution in [2.45, 2.75) is 6.04 Å². The fraction of sp³-hybridized carbons (Fsp3) is 0.294. The van der Waals surface area contributed by atoms with Crippen molar-refractivity contribution in [3.8, 4) is 5.75 Å². The SMILES string of the molecule is COc1ccc(N2CCNCC2c2ccccc2)cc1. The molecule has 104 valence electrons. The van der Waals surface area contributed by atoms with Crippen LogP contribution in [-0.4, -0.2) is 26.7 Å². The predicted octanol–water partition coefficient (Wildman–Crippen LogP) is 2.85. The van der Waals surface area contributed by atoms with Gasteiger partial charge in [-0.25, -0.2) is 0 Å². The van der Waals surface area contributed by atoms with Crippen LogP contribution in [-0.2, 0) is 0 Å². The molecule has 0 aliphatic carbocycles. The van der Waals surface area contributed by atoms with Crippen molar-refractivity contribution in [3.05, 3.63) is 60.2 Å². The number of hydrogen-bond donors (Lipinski definition) is 1. The minimum Gasteiger partial charge on any atom is -0.497 e. The Labute approximate surface area is 120 Å². The Morgan fingerprint density at radius 3 is 2.50 bits per heavy atom. The van der Waals surface area contributed by atoms with Gasteiger partial charge in [-0.2, -0.15) is 0 Å². The molecule has 2 aromatic rings. The minimum absolute atomic E-state index is 0.387. The fourth-order valence-corrected chi connectivity index (χ4v) is 2.76. The van der Waals surface area contributed by atoms with E-state index in [9.17, 15) is 0 Å². The zero-order chi connectivity index (χ0) is 13.8. The molecule has 2 aromatic carbocycles. The van der Waals surface area contributed by atoms with Crippen LogP contribution in [0.3, 0.4) is 0 Å².